The van der Waals surface area contributed by atoms with E-state index in [2.05, 4.69) is 0 Å². The molecule has 10 heteroatoms. The first kappa shape index (κ1) is 15.2. The largest absolute Gasteiger partial charge is 0.516 e. The molecule has 0 saturated heterocycles. The molecule has 0 unspecified atom stereocenters. The molecule has 0 amide bonds. The van der Waals surface area contributed by atoms with E-state index in [0.717, 1.165) is 6.07 Å². The zero-order chi connectivity index (χ0) is 15.0. The number of alkyl halides is 3. The van der Waals surface area contributed by atoms with E-state index in [4.69, 9.17) is 0 Å². The highest BCUT2D eigenvalue weighted by Gasteiger charge is 2.46. The maximum atomic E-state index is 12.2. The SMILES string of the molecule is Cc1cc(C)c([N+](=O)[O-])cc1NS(=O)(=O)C(F)(F)F. The highest BCUT2D eigenvalue weighted by Crippen LogP contribution is 2.30. The Bertz CT molecular complexity index is 625. The van der Waals surface area contributed by atoms with Crippen molar-refractivity contribution in [2.75, 3.05) is 4.72 Å². The van der Waals surface area contributed by atoms with Gasteiger partial charge in [0.05, 0.1) is 10.6 Å². The number of anilines is 1. The smallest absolute Gasteiger partial charge is 0.275 e. The number of sulfonamides is 1. The standard InChI is InChI=1S/C9H9F3N2O4S/c1-5-3-6(2)8(14(15)16)4-7(5)13-19(17,18)9(10,11)12/h3-4,13H,1-2H3. The van der Waals surface area contributed by atoms with E-state index in [1.165, 1.54) is 24.6 Å². The second kappa shape index (κ2) is 4.68. The average molecular weight is 298 g/mol. The van der Waals surface area contributed by atoms with Crippen LogP contribution in [0.5, 0.6) is 0 Å². The van der Waals surface area contributed by atoms with Gasteiger partial charge in [-0.05, 0) is 25.5 Å². The molecule has 0 bridgehead atoms. The molecule has 19 heavy (non-hydrogen) atoms. The van der Waals surface area contributed by atoms with E-state index in [-0.39, 0.29) is 11.1 Å². The van der Waals surface area contributed by atoms with Crippen LogP contribution in [0.3, 0.4) is 0 Å². The summed E-state index contributed by atoms with van der Waals surface area (Å²) in [5, 5.41) is 10.7. The van der Waals surface area contributed by atoms with Crippen LogP contribution in [0.1, 0.15) is 11.1 Å². The number of rotatable bonds is 3. The Balaban J connectivity index is 3.31. The van der Waals surface area contributed by atoms with Gasteiger partial charge in [0, 0.05) is 11.6 Å². The molecule has 0 aliphatic heterocycles. The molecule has 6 nitrogen and oxygen atoms in total. The summed E-state index contributed by atoms with van der Waals surface area (Å²) in [6.45, 7) is 2.73. The molecule has 0 aliphatic rings. The molecule has 0 saturated carbocycles. The Labute approximate surface area is 106 Å². The molecule has 0 radical (unpaired) electrons. The molecule has 1 rings (SSSR count). The van der Waals surface area contributed by atoms with Crippen molar-refractivity contribution in [3.05, 3.63) is 33.4 Å². The quantitative estimate of drug-likeness (QED) is 0.685. The zero-order valence-electron chi connectivity index (χ0n) is 9.78. The first-order valence-corrected chi connectivity index (χ1v) is 6.29. The summed E-state index contributed by atoms with van der Waals surface area (Å²) in [5.41, 5.74) is -6.06. The Morgan fingerprint density at radius 1 is 1.21 bits per heavy atom. The average Bonchev–Trinajstić information content (AvgIpc) is 2.19. The number of hydrogen-bond donors (Lipinski definition) is 1. The Morgan fingerprint density at radius 2 is 1.74 bits per heavy atom. The lowest BCUT2D eigenvalue weighted by Crippen LogP contribution is -2.30. The lowest BCUT2D eigenvalue weighted by molar-refractivity contribution is -0.385. The van der Waals surface area contributed by atoms with Gasteiger partial charge in [-0.3, -0.25) is 14.8 Å². The maximum Gasteiger partial charge on any atom is 0.516 e. The third-order valence-electron chi connectivity index (χ3n) is 2.29. The second-order valence-electron chi connectivity index (χ2n) is 3.76. The molecule has 0 fully saturated rings. The summed E-state index contributed by atoms with van der Waals surface area (Å²) in [5.74, 6) is 0. The van der Waals surface area contributed by atoms with Crippen molar-refractivity contribution >= 4 is 21.4 Å². The van der Waals surface area contributed by atoms with Gasteiger partial charge in [0.2, 0.25) is 0 Å². The zero-order valence-corrected chi connectivity index (χ0v) is 10.6. The fourth-order valence-electron chi connectivity index (χ4n) is 1.35. The minimum atomic E-state index is -5.60. The lowest BCUT2D eigenvalue weighted by Gasteiger charge is -2.13. The number of nitro groups is 1. The van der Waals surface area contributed by atoms with Gasteiger partial charge in [-0.2, -0.15) is 21.6 Å². The lowest BCUT2D eigenvalue weighted by atomic mass is 10.1. The van der Waals surface area contributed by atoms with Crippen molar-refractivity contribution in [1.82, 2.24) is 0 Å². The summed E-state index contributed by atoms with van der Waals surface area (Å²) >= 11 is 0. The molecular formula is C9H9F3N2O4S. The molecule has 1 N–H and O–H groups in total. The predicted molar refractivity (Wildman–Crippen MR) is 61.2 cm³/mol. The molecule has 0 aliphatic carbocycles. The first-order chi connectivity index (χ1) is 8.45. The Morgan fingerprint density at radius 3 is 2.16 bits per heavy atom. The number of benzene rings is 1. The van der Waals surface area contributed by atoms with Gasteiger partial charge in [0.25, 0.3) is 5.69 Å². The summed E-state index contributed by atoms with van der Waals surface area (Å²) in [6.07, 6.45) is 0. The summed E-state index contributed by atoms with van der Waals surface area (Å²) in [6, 6.07) is 1.99. The van der Waals surface area contributed by atoms with Gasteiger partial charge in [-0.25, -0.2) is 0 Å². The van der Waals surface area contributed by atoms with Crippen molar-refractivity contribution < 1.29 is 26.5 Å². The predicted octanol–water partition coefficient (Wildman–Crippen LogP) is 2.47. The topological polar surface area (TPSA) is 89.3 Å². The van der Waals surface area contributed by atoms with Crippen molar-refractivity contribution in [1.29, 1.82) is 0 Å². The summed E-state index contributed by atoms with van der Waals surface area (Å²) in [7, 11) is -5.60. The van der Waals surface area contributed by atoms with Crippen LogP contribution in [0.4, 0.5) is 24.5 Å². The van der Waals surface area contributed by atoms with Crippen LogP contribution in [0.2, 0.25) is 0 Å². The summed E-state index contributed by atoms with van der Waals surface area (Å²) < 4.78 is 59.8. The van der Waals surface area contributed by atoms with E-state index in [1.807, 2.05) is 0 Å². The highest BCUT2D eigenvalue weighted by atomic mass is 32.2. The Hall–Kier alpha value is -1.84. The second-order valence-corrected chi connectivity index (χ2v) is 5.44. The maximum absolute atomic E-state index is 12.2. The number of nitro benzene ring substituents is 1. The van der Waals surface area contributed by atoms with Gasteiger partial charge >= 0.3 is 15.5 Å². The molecule has 0 aromatic heterocycles. The molecule has 0 atom stereocenters. The monoisotopic (exact) mass is 298 g/mol. The third kappa shape index (κ3) is 3.13. The number of nitrogens with zero attached hydrogens (tertiary/aromatic N) is 1. The van der Waals surface area contributed by atoms with E-state index >= 15 is 0 Å². The van der Waals surface area contributed by atoms with Crippen molar-refractivity contribution in [3.8, 4) is 0 Å². The van der Waals surface area contributed by atoms with Gasteiger partial charge < -0.3 is 0 Å². The highest BCUT2D eigenvalue weighted by molar-refractivity contribution is 7.93. The number of nitrogens with one attached hydrogen (secondary N) is 1. The van der Waals surface area contributed by atoms with Crippen molar-refractivity contribution in [3.63, 3.8) is 0 Å². The van der Waals surface area contributed by atoms with E-state index < -0.39 is 31.8 Å². The van der Waals surface area contributed by atoms with Crippen LogP contribution in [-0.2, 0) is 10.0 Å². The number of halogens is 3. The molecule has 0 heterocycles. The van der Waals surface area contributed by atoms with Gasteiger partial charge in [0.1, 0.15) is 0 Å². The fraction of sp³-hybridized carbons (Fsp3) is 0.333. The molecular weight excluding hydrogens is 289 g/mol. The molecule has 1 aromatic carbocycles. The van der Waals surface area contributed by atoms with E-state index in [9.17, 15) is 31.7 Å². The molecule has 1 aromatic rings. The van der Waals surface area contributed by atoms with Crippen LogP contribution in [0.15, 0.2) is 12.1 Å². The van der Waals surface area contributed by atoms with Gasteiger partial charge in [-0.15, -0.1) is 0 Å². The fourth-order valence-corrected chi connectivity index (χ4v) is 1.98. The van der Waals surface area contributed by atoms with Crippen molar-refractivity contribution in [2.45, 2.75) is 19.4 Å². The van der Waals surface area contributed by atoms with Crippen LogP contribution >= 0.6 is 0 Å². The van der Waals surface area contributed by atoms with Crippen LogP contribution < -0.4 is 4.72 Å². The molecule has 0 spiro atoms. The van der Waals surface area contributed by atoms with Gasteiger partial charge in [0.15, 0.2) is 0 Å². The van der Waals surface area contributed by atoms with E-state index in [0.29, 0.717) is 0 Å². The Kier molecular flexibility index (Phi) is 3.75. The van der Waals surface area contributed by atoms with Crippen LogP contribution in [0, 0.1) is 24.0 Å². The van der Waals surface area contributed by atoms with Crippen molar-refractivity contribution in [2.24, 2.45) is 0 Å². The van der Waals surface area contributed by atoms with Crippen LogP contribution in [0.25, 0.3) is 0 Å². The number of aryl methyl sites for hydroxylation is 2. The third-order valence-corrected chi connectivity index (χ3v) is 3.39. The van der Waals surface area contributed by atoms with Crippen LogP contribution in [-0.4, -0.2) is 18.8 Å². The summed E-state index contributed by atoms with van der Waals surface area (Å²) in [4.78, 5) is 9.85. The van der Waals surface area contributed by atoms with E-state index in [1.54, 1.807) is 0 Å². The minimum absolute atomic E-state index is 0.149. The molecule has 106 valence electrons. The number of hydrogen-bond acceptors (Lipinski definition) is 4. The first-order valence-electron chi connectivity index (χ1n) is 4.80. The minimum Gasteiger partial charge on any atom is -0.275 e. The normalized spacial score (nSPS) is 12.3. The van der Waals surface area contributed by atoms with Gasteiger partial charge in [-0.1, -0.05) is 0 Å².